The number of rotatable bonds is 7. The number of benzene rings is 1. The van der Waals surface area contributed by atoms with Gasteiger partial charge in [0.1, 0.15) is 0 Å². The quantitative estimate of drug-likeness (QED) is 0.813. The summed E-state index contributed by atoms with van der Waals surface area (Å²) in [4.78, 5) is 12.6. The van der Waals surface area contributed by atoms with Gasteiger partial charge in [-0.25, -0.2) is 0 Å². The smallest absolute Gasteiger partial charge is 0.253 e. The summed E-state index contributed by atoms with van der Waals surface area (Å²) in [7, 11) is 0. The van der Waals surface area contributed by atoms with Gasteiger partial charge in [-0.05, 0) is 37.2 Å². The van der Waals surface area contributed by atoms with E-state index in [1.807, 2.05) is 30.3 Å². The monoisotopic (exact) mass is 302 g/mol. The second-order valence-corrected chi connectivity index (χ2v) is 6.58. The topological polar surface area (TPSA) is 64.3 Å². The Morgan fingerprint density at radius 2 is 1.86 bits per heavy atom. The summed E-state index contributed by atoms with van der Waals surface area (Å²) in [6, 6.07) is 9.84. The number of nitrogens with one attached hydrogen (secondary N) is 1. The van der Waals surface area contributed by atoms with Crippen molar-refractivity contribution in [2.45, 2.75) is 56.8 Å². The van der Waals surface area contributed by atoms with Crippen LogP contribution < -0.4 is 11.1 Å². The maximum Gasteiger partial charge on any atom is 0.253 e. The Bertz CT molecular complexity index is 481. The number of carbonyl (C=O) groups excluding carboxylic acids is 1. The first-order chi connectivity index (χ1) is 10.7. The van der Waals surface area contributed by atoms with Gasteiger partial charge in [-0.3, -0.25) is 4.79 Å². The van der Waals surface area contributed by atoms with E-state index >= 15 is 0 Å². The van der Waals surface area contributed by atoms with Gasteiger partial charge in [-0.2, -0.15) is 0 Å². The molecule has 2 saturated carbocycles. The molecule has 2 aliphatic carbocycles. The first kappa shape index (κ1) is 15.5. The van der Waals surface area contributed by atoms with Crippen molar-refractivity contribution in [3.63, 3.8) is 0 Å². The van der Waals surface area contributed by atoms with Crippen LogP contribution in [0.1, 0.15) is 50.2 Å². The van der Waals surface area contributed by atoms with Gasteiger partial charge in [-0.15, -0.1) is 0 Å². The van der Waals surface area contributed by atoms with Crippen molar-refractivity contribution in [1.82, 2.24) is 5.32 Å². The number of hydrogen-bond acceptors (Lipinski definition) is 3. The van der Waals surface area contributed by atoms with Crippen LogP contribution in [0.2, 0.25) is 0 Å². The predicted molar refractivity (Wildman–Crippen MR) is 86.2 cm³/mol. The summed E-state index contributed by atoms with van der Waals surface area (Å²) < 4.78 is 6.11. The van der Waals surface area contributed by atoms with Crippen LogP contribution in [0, 0.1) is 5.92 Å². The first-order valence-corrected chi connectivity index (χ1v) is 8.48. The molecule has 3 N–H and O–H groups in total. The number of carbonyl (C=O) groups is 1. The van der Waals surface area contributed by atoms with E-state index in [2.05, 4.69) is 5.32 Å². The van der Waals surface area contributed by atoms with E-state index in [1.54, 1.807) is 0 Å². The lowest BCUT2D eigenvalue weighted by Gasteiger charge is -2.23. The second-order valence-electron chi connectivity index (χ2n) is 6.58. The maximum absolute atomic E-state index is 12.6. The molecule has 0 aliphatic heterocycles. The molecule has 0 aromatic heterocycles. The van der Waals surface area contributed by atoms with Crippen molar-refractivity contribution in [3.05, 3.63) is 35.9 Å². The number of nitrogens with two attached hydrogens (primary N) is 1. The predicted octanol–water partition coefficient (Wildman–Crippen LogP) is 2.54. The van der Waals surface area contributed by atoms with Gasteiger partial charge in [-0.1, -0.05) is 43.2 Å². The minimum Gasteiger partial charge on any atom is -0.360 e. The molecule has 2 aliphatic rings. The normalized spacial score (nSPS) is 21.5. The van der Waals surface area contributed by atoms with Crippen LogP contribution in [0.3, 0.4) is 0 Å². The molecule has 4 nitrogen and oxygen atoms in total. The Balaban J connectivity index is 1.62. The summed E-state index contributed by atoms with van der Waals surface area (Å²) in [6.07, 6.45) is 6.57. The van der Waals surface area contributed by atoms with Gasteiger partial charge >= 0.3 is 0 Å². The molecular weight excluding hydrogens is 276 g/mol. The lowest BCUT2D eigenvalue weighted by atomic mass is 10.1. The molecule has 0 radical (unpaired) electrons. The molecule has 0 bridgehead atoms. The minimum absolute atomic E-state index is 0.0609. The van der Waals surface area contributed by atoms with E-state index in [0.717, 1.165) is 18.4 Å². The molecule has 0 spiro atoms. The van der Waals surface area contributed by atoms with Crippen LogP contribution in [0.15, 0.2) is 30.3 Å². The molecule has 22 heavy (non-hydrogen) atoms. The lowest BCUT2D eigenvalue weighted by Crippen LogP contribution is -2.41. The van der Waals surface area contributed by atoms with Crippen molar-refractivity contribution in [3.8, 4) is 0 Å². The summed E-state index contributed by atoms with van der Waals surface area (Å²) in [6.45, 7) is 0.543. The van der Waals surface area contributed by atoms with E-state index in [4.69, 9.17) is 10.5 Å². The third kappa shape index (κ3) is 4.08. The van der Waals surface area contributed by atoms with Crippen molar-refractivity contribution in [1.29, 1.82) is 0 Å². The minimum atomic E-state index is -0.518. The van der Waals surface area contributed by atoms with Gasteiger partial charge in [0.2, 0.25) is 0 Å². The fraction of sp³-hybridized carbons (Fsp3) is 0.611. The van der Waals surface area contributed by atoms with Crippen LogP contribution in [0.4, 0.5) is 0 Å². The van der Waals surface area contributed by atoms with Gasteiger partial charge in [0.05, 0.1) is 6.10 Å². The molecule has 0 heterocycles. The standard InChI is InChI=1S/C18H26N2O2/c19-16(13-10-11-13)12-20-18(21)17(14-6-2-1-3-7-14)22-15-8-4-5-9-15/h1-3,6-7,13,15-17H,4-5,8-12,19H2,(H,20,21). The summed E-state index contributed by atoms with van der Waals surface area (Å²) in [5, 5.41) is 2.99. The van der Waals surface area contributed by atoms with E-state index in [1.165, 1.54) is 25.7 Å². The highest BCUT2D eigenvalue weighted by molar-refractivity contribution is 5.82. The van der Waals surface area contributed by atoms with Crippen LogP contribution in [0.5, 0.6) is 0 Å². The Labute approximate surface area is 132 Å². The third-order valence-electron chi connectivity index (χ3n) is 4.71. The van der Waals surface area contributed by atoms with Crippen LogP contribution in [-0.4, -0.2) is 24.6 Å². The molecule has 1 amide bonds. The van der Waals surface area contributed by atoms with Gasteiger partial charge < -0.3 is 15.8 Å². The van der Waals surface area contributed by atoms with Gasteiger partial charge in [0, 0.05) is 12.6 Å². The lowest BCUT2D eigenvalue weighted by molar-refractivity contribution is -0.137. The van der Waals surface area contributed by atoms with Crippen LogP contribution in [-0.2, 0) is 9.53 Å². The molecule has 0 saturated heterocycles. The Kier molecular flexibility index (Phi) is 5.11. The highest BCUT2D eigenvalue weighted by Gasteiger charge is 2.31. The summed E-state index contributed by atoms with van der Waals surface area (Å²) in [5.41, 5.74) is 7.00. The highest BCUT2D eigenvalue weighted by Crippen LogP contribution is 2.31. The zero-order chi connectivity index (χ0) is 15.4. The average Bonchev–Trinajstić information content (AvgIpc) is 3.28. The van der Waals surface area contributed by atoms with Gasteiger partial charge in [0.15, 0.2) is 6.10 Å². The van der Waals surface area contributed by atoms with Gasteiger partial charge in [0.25, 0.3) is 5.91 Å². The molecule has 1 aromatic carbocycles. The molecule has 2 fully saturated rings. The fourth-order valence-corrected chi connectivity index (χ4v) is 3.14. The van der Waals surface area contributed by atoms with Crippen LogP contribution >= 0.6 is 0 Å². The van der Waals surface area contributed by atoms with Crippen molar-refractivity contribution < 1.29 is 9.53 Å². The van der Waals surface area contributed by atoms with E-state index in [0.29, 0.717) is 12.5 Å². The Hall–Kier alpha value is -1.39. The SMILES string of the molecule is NC(CNC(=O)C(OC1CCCC1)c1ccccc1)C1CC1. The zero-order valence-corrected chi connectivity index (χ0v) is 13.0. The second kappa shape index (κ2) is 7.25. The molecule has 1 aromatic rings. The fourth-order valence-electron chi connectivity index (χ4n) is 3.14. The maximum atomic E-state index is 12.6. The molecule has 4 heteroatoms. The first-order valence-electron chi connectivity index (χ1n) is 8.48. The van der Waals surface area contributed by atoms with Crippen molar-refractivity contribution in [2.75, 3.05) is 6.54 Å². The van der Waals surface area contributed by atoms with E-state index in [-0.39, 0.29) is 18.1 Å². The average molecular weight is 302 g/mol. The van der Waals surface area contributed by atoms with E-state index < -0.39 is 6.10 Å². The molecule has 2 unspecified atom stereocenters. The van der Waals surface area contributed by atoms with E-state index in [9.17, 15) is 4.79 Å². The molecule has 120 valence electrons. The number of amides is 1. The Morgan fingerprint density at radius 1 is 1.18 bits per heavy atom. The third-order valence-corrected chi connectivity index (χ3v) is 4.71. The highest BCUT2D eigenvalue weighted by atomic mass is 16.5. The van der Waals surface area contributed by atoms with Crippen molar-refractivity contribution in [2.24, 2.45) is 11.7 Å². The molecule has 2 atom stereocenters. The summed E-state index contributed by atoms with van der Waals surface area (Å²) >= 11 is 0. The zero-order valence-electron chi connectivity index (χ0n) is 13.0. The van der Waals surface area contributed by atoms with Crippen LogP contribution in [0.25, 0.3) is 0 Å². The number of ether oxygens (including phenoxy) is 1. The molecule has 3 rings (SSSR count). The van der Waals surface area contributed by atoms with Crippen molar-refractivity contribution >= 4 is 5.91 Å². The summed E-state index contributed by atoms with van der Waals surface area (Å²) in [5.74, 6) is 0.528. The molecular formula is C18H26N2O2. The largest absolute Gasteiger partial charge is 0.360 e. The number of hydrogen-bond donors (Lipinski definition) is 2. The Morgan fingerprint density at radius 3 is 2.50 bits per heavy atom.